The number of anilines is 1. The first kappa shape index (κ1) is 12.3. The zero-order valence-corrected chi connectivity index (χ0v) is 11.8. The van der Waals surface area contributed by atoms with E-state index in [1.54, 1.807) is 0 Å². The molecule has 2 aromatic heterocycles. The minimum atomic E-state index is 0.328. The monoisotopic (exact) mass is 290 g/mol. The zero-order valence-electron chi connectivity index (χ0n) is 10.2. The predicted octanol–water partition coefficient (Wildman–Crippen LogP) is 4.61. The number of nitrogen functional groups attached to an aromatic ring is 1. The number of nitrogens with zero attached hydrogens (tertiary/aromatic N) is 1. The molecular formula is C14H11ClN2OS. The van der Waals surface area contributed by atoms with Crippen LogP contribution in [0.15, 0.2) is 40.9 Å². The Morgan fingerprint density at radius 3 is 2.68 bits per heavy atom. The van der Waals surface area contributed by atoms with E-state index in [0.29, 0.717) is 10.2 Å². The molecule has 3 rings (SSSR count). The Kier molecular flexibility index (Phi) is 3.05. The van der Waals surface area contributed by atoms with Crippen molar-refractivity contribution in [1.82, 2.24) is 5.16 Å². The number of hydrogen-bond donors (Lipinski definition) is 1. The van der Waals surface area contributed by atoms with Crippen LogP contribution in [0.5, 0.6) is 0 Å². The Morgan fingerprint density at radius 2 is 2.00 bits per heavy atom. The first-order valence-corrected chi connectivity index (χ1v) is 6.93. The molecule has 0 atom stereocenters. The number of halogens is 1. The average molecular weight is 291 g/mol. The van der Waals surface area contributed by atoms with E-state index in [4.69, 9.17) is 21.9 Å². The van der Waals surface area contributed by atoms with Gasteiger partial charge in [0.15, 0.2) is 0 Å². The SMILES string of the molecule is Cc1ccccc1-c1c(-c2ccc(Cl)s2)noc1N. The van der Waals surface area contributed by atoms with Gasteiger partial charge in [-0.15, -0.1) is 11.3 Å². The molecule has 96 valence electrons. The van der Waals surface area contributed by atoms with E-state index in [1.165, 1.54) is 11.3 Å². The van der Waals surface area contributed by atoms with Crippen molar-refractivity contribution in [1.29, 1.82) is 0 Å². The maximum Gasteiger partial charge on any atom is 0.230 e. The molecular weight excluding hydrogens is 280 g/mol. The summed E-state index contributed by atoms with van der Waals surface area (Å²) in [6.45, 7) is 2.03. The number of thiophene rings is 1. The summed E-state index contributed by atoms with van der Waals surface area (Å²) in [5.41, 5.74) is 9.65. The van der Waals surface area contributed by atoms with Gasteiger partial charge in [0.05, 0.1) is 14.8 Å². The van der Waals surface area contributed by atoms with Gasteiger partial charge in [-0.1, -0.05) is 41.0 Å². The van der Waals surface area contributed by atoms with Crippen molar-refractivity contribution in [3.63, 3.8) is 0 Å². The van der Waals surface area contributed by atoms with Gasteiger partial charge in [-0.25, -0.2) is 0 Å². The van der Waals surface area contributed by atoms with Crippen molar-refractivity contribution in [3.8, 4) is 21.7 Å². The minimum Gasteiger partial charge on any atom is -0.367 e. The van der Waals surface area contributed by atoms with E-state index >= 15 is 0 Å². The van der Waals surface area contributed by atoms with Gasteiger partial charge in [0.1, 0.15) is 5.69 Å². The number of aromatic nitrogens is 1. The van der Waals surface area contributed by atoms with E-state index in [9.17, 15) is 0 Å². The molecule has 0 fully saturated rings. The zero-order chi connectivity index (χ0) is 13.4. The fourth-order valence-electron chi connectivity index (χ4n) is 2.03. The largest absolute Gasteiger partial charge is 0.367 e. The van der Waals surface area contributed by atoms with Crippen LogP contribution in [0, 0.1) is 6.92 Å². The summed E-state index contributed by atoms with van der Waals surface area (Å²) in [6.07, 6.45) is 0. The lowest BCUT2D eigenvalue weighted by Gasteiger charge is -2.04. The highest BCUT2D eigenvalue weighted by Gasteiger charge is 2.19. The molecule has 0 aliphatic rings. The van der Waals surface area contributed by atoms with Crippen molar-refractivity contribution in [2.75, 3.05) is 5.73 Å². The van der Waals surface area contributed by atoms with E-state index in [-0.39, 0.29) is 0 Å². The molecule has 2 heterocycles. The Hall–Kier alpha value is -1.78. The van der Waals surface area contributed by atoms with Crippen molar-refractivity contribution in [2.45, 2.75) is 6.92 Å². The quantitative estimate of drug-likeness (QED) is 0.749. The maximum absolute atomic E-state index is 5.98. The third kappa shape index (κ3) is 2.13. The average Bonchev–Trinajstić information content (AvgIpc) is 2.96. The summed E-state index contributed by atoms with van der Waals surface area (Å²) in [6, 6.07) is 11.8. The fraction of sp³-hybridized carbons (Fsp3) is 0.0714. The molecule has 0 saturated heterocycles. The van der Waals surface area contributed by atoms with Crippen LogP contribution >= 0.6 is 22.9 Å². The van der Waals surface area contributed by atoms with Crippen molar-refractivity contribution in [3.05, 3.63) is 46.3 Å². The second-order valence-electron chi connectivity index (χ2n) is 4.19. The lowest BCUT2D eigenvalue weighted by molar-refractivity contribution is 0.439. The molecule has 0 bridgehead atoms. The summed E-state index contributed by atoms with van der Waals surface area (Å²) < 4.78 is 5.88. The van der Waals surface area contributed by atoms with Gasteiger partial charge in [0.25, 0.3) is 0 Å². The molecule has 0 unspecified atom stereocenters. The molecule has 0 aliphatic carbocycles. The van der Waals surface area contributed by atoms with Crippen molar-refractivity contribution >= 4 is 28.8 Å². The summed E-state index contributed by atoms with van der Waals surface area (Å²) in [7, 11) is 0. The number of rotatable bonds is 2. The third-order valence-electron chi connectivity index (χ3n) is 2.94. The molecule has 5 heteroatoms. The molecule has 3 aromatic rings. The van der Waals surface area contributed by atoms with Gasteiger partial charge >= 0.3 is 0 Å². The number of nitrogens with two attached hydrogens (primary N) is 1. The Morgan fingerprint density at radius 1 is 1.21 bits per heavy atom. The van der Waals surface area contributed by atoms with E-state index in [1.807, 2.05) is 43.3 Å². The highest BCUT2D eigenvalue weighted by molar-refractivity contribution is 7.19. The van der Waals surface area contributed by atoms with Crippen molar-refractivity contribution < 1.29 is 4.52 Å². The first-order chi connectivity index (χ1) is 9.16. The lowest BCUT2D eigenvalue weighted by atomic mass is 10.00. The topological polar surface area (TPSA) is 52.0 Å². The molecule has 2 N–H and O–H groups in total. The van der Waals surface area contributed by atoms with E-state index in [2.05, 4.69) is 5.16 Å². The molecule has 3 nitrogen and oxygen atoms in total. The summed E-state index contributed by atoms with van der Waals surface area (Å²) in [4.78, 5) is 0.948. The van der Waals surface area contributed by atoms with Gasteiger partial charge in [0, 0.05) is 0 Å². The molecule has 0 aliphatic heterocycles. The van der Waals surface area contributed by atoms with Gasteiger partial charge in [0.2, 0.25) is 5.88 Å². The van der Waals surface area contributed by atoms with Gasteiger partial charge in [-0.05, 0) is 30.2 Å². The van der Waals surface area contributed by atoms with Crippen LogP contribution in [-0.4, -0.2) is 5.16 Å². The maximum atomic E-state index is 5.98. The molecule has 19 heavy (non-hydrogen) atoms. The highest BCUT2D eigenvalue weighted by Crippen LogP contribution is 2.40. The molecule has 1 aromatic carbocycles. The van der Waals surface area contributed by atoms with Crippen LogP contribution in [-0.2, 0) is 0 Å². The fourth-order valence-corrected chi connectivity index (χ4v) is 3.06. The third-order valence-corrected chi connectivity index (χ3v) is 4.18. The second-order valence-corrected chi connectivity index (χ2v) is 5.90. The first-order valence-electron chi connectivity index (χ1n) is 5.73. The van der Waals surface area contributed by atoms with Crippen LogP contribution in [0.25, 0.3) is 21.7 Å². The normalized spacial score (nSPS) is 10.8. The summed E-state index contributed by atoms with van der Waals surface area (Å²) in [5, 5.41) is 4.07. The van der Waals surface area contributed by atoms with Crippen LogP contribution in [0.2, 0.25) is 4.34 Å². The van der Waals surface area contributed by atoms with Crippen LogP contribution in [0.3, 0.4) is 0 Å². The lowest BCUT2D eigenvalue weighted by Crippen LogP contribution is -1.89. The molecule has 0 amide bonds. The number of benzene rings is 1. The summed E-state index contributed by atoms with van der Waals surface area (Å²) >= 11 is 7.43. The Bertz CT molecular complexity index is 733. The highest BCUT2D eigenvalue weighted by atomic mass is 35.5. The van der Waals surface area contributed by atoms with Crippen molar-refractivity contribution in [2.24, 2.45) is 0 Å². The van der Waals surface area contributed by atoms with Gasteiger partial charge in [-0.2, -0.15) is 0 Å². The minimum absolute atomic E-state index is 0.328. The molecule has 0 saturated carbocycles. The second kappa shape index (κ2) is 4.72. The standard InChI is InChI=1S/C14H11ClN2OS/c1-8-4-2-3-5-9(8)12-13(17-18-14(12)16)10-6-7-11(15)19-10/h2-7H,16H2,1H3. The molecule has 0 spiro atoms. The number of hydrogen-bond acceptors (Lipinski definition) is 4. The van der Waals surface area contributed by atoms with Gasteiger partial charge < -0.3 is 10.3 Å². The van der Waals surface area contributed by atoms with Crippen LogP contribution in [0.1, 0.15) is 5.56 Å². The smallest absolute Gasteiger partial charge is 0.230 e. The number of aryl methyl sites for hydroxylation is 1. The van der Waals surface area contributed by atoms with Crippen LogP contribution < -0.4 is 5.73 Å². The van der Waals surface area contributed by atoms with E-state index < -0.39 is 0 Å². The predicted molar refractivity (Wildman–Crippen MR) is 79.4 cm³/mol. The van der Waals surface area contributed by atoms with E-state index in [0.717, 1.165) is 27.3 Å². The van der Waals surface area contributed by atoms with Crippen LogP contribution in [0.4, 0.5) is 5.88 Å². The summed E-state index contributed by atoms with van der Waals surface area (Å²) in [5.74, 6) is 0.328. The van der Waals surface area contributed by atoms with Gasteiger partial charge in [-0.3, -0.25) is 0 Å². The molecule has 0 radical (unpaired) electrons. The Labute approximate surface area is 119 Å². The Balaban J connectivity index is 2.22.